The van der Waals surface area contributed by atoms with Gasteiger partial charge in [0.1, 0.15) is 0 Å². The van der Waals surface area contributed by atoms with Crippen molar-refractivity contribution >= 4 is 17.2 Å². The molecule has 0 saturated heterocycles. The van der Waals surface area contributed by atoms with E-state index in [0.29, 0.717) is 7.92 Å². The minimum atomic E-state index is 0.401. The summed E-state index contributed by atoms with van der Waals surface area (Å²) in [6.07, 6.45) is 4.11. The lowest BCUT2D eigenvalue weighted by molar-refractivity contribution is 1.43. The van der Waals surface area contributed by atoms with Crippen molar-refractivity contribution in [2.24, 2.45) is 0 Å². The lowest BCUT2D eigenvalue weighted by atomic mass is 10.9. The molecule has 0 aliphatic heterocycles. The second-order valence-corrected chi connectivity index (χ2v) is 5.05. The second kappa shape index (κ2) is 5.01. The van der Waals surface area contributed by atoms with Gasteiger partial charge in [-0.15, -0.1) is 17.2 Å². The smallest absolute Gasteiger partial charge is 0.0294 e. The first kappa shape index (κ1) is 7.86. The van der Waals surface area contributed by atoms with Gasteiger partial charge in [0.2, 0.25) is 0 Å². The zero-order chi connectivity index (χ0) is 5.70. The molecule has 0 saturated carbocycles. The van der Waals surface area contributed by atoms with Gasteiger partial charge < -0.3 is 0 Å². The van der Waals surface area contributed by atoms with Crippen molar-refractivity contribution in [1.29, 1.82) is 0 Å². The van der Waals surface area contributed by atoms with Gasteiger partial charge in [0.15, 0.2) is 0 Å². The van der Waals surface area contributed by atoms with Crippen LogP contribution in [0, 0.1) is 0 Å². The molecular weight excluding hydrogens is 122 g/mol. The van der Waals surface area contributed by atoms with E-state index in [1.807, 2.05) is 0 Å². The molecular formula is C5H14P2. The fourth-order valence-electron chi connectivity index (χ4n) is 0.379. The molecule has 0 rings (SSSR count). The van der Waals surface area contributed by atoms with Crippen molar-refractivity contribution < 1.29 is 0 Å². The number of rotatable bonds is 3. The molecule has 2 unspecified atom stereocenters. The maximum absolute atomic E-state index is 2.77. The first-order chi connectivity index (χ1) is 3.31. The highest BCUT2D eigenvalue weighted by molar-refractivity contribution is 7.57. The van der Waals surface area contributed by atoms with Crippen LogP contribution in [0.1, 0.15) is 6.92 Å². The summed E-state index contributed by atoms with van der Waals surface area (Å²) >= 11 is 0. The van der Waals surface area contributed by atoms with Gasteiger partial charge in [0.25, 0.3) is 0 Å². The van der Waals surface area contributed by atoms with E-state index in [9.17, 15) is 0 Å². The molecule has 2 atom stereocenters. The van der Waals surface area contributed by atoms with E-state index in [2.05, 4.69) is 22.8 Å². The van der Waals surface area contributed by atoms with Gasteiger partial charge >= 0.3 is 0 Å². The second-order valence-electron chi connectivity index (χ2n) is 1.68. The van der Waals surface area contributed by atoms with Crippen molar-refractivity contribution in [3.63, 3.8) is 0 Å². The third-order valence-electron chi connectivity index (χ3n) is 1.05. The highest BCUT2D eigenvalue weighted by Crippen LogP contribution is 2.28. The molecule has 0 aromatic rings. The Kier molecular flexibility index (Phi) is 5.62. The summed E-state index contributed by atoms with van der Waals surface area (Å²) in [6, 6.07) is 0. The fourth-order valence-corrected chi connectivity index (χ4v) is 2.46. The van der Waals surface area contributed by atoms with Gasteiger partial charge in [0, 0.05) is 0 Å². The maximum Gasteiger partial charge on any atom is -0.0294 e. The Balaban J connectivity index is 2.83. The van der Waals surface area contributed by atoms with Crippen molar-refractivity contribution in [3.8, 4) is 0 Å². The van der Waals surface area contributed by atoms with Crippen molar-refractivity contribution in [3.05, 3.63) is 0 Å². The molecule has 0 spiro atoms. The van der Waals surface area contributed by atoms with E-state index in [-0.39, 0.29) is 0 Å². The molecule has 0 radical (unpaired) electrons. The molecule has 0 aliphatic rings. The monoisotopic (exact) mass is 136 g/mol. The number of hydrogen-bond acceptors (Lipinski definition) is 0. The van der Waals surface area contributed by atoms with Crippen molar-refractivity contribution in [2.75, 3.05) is 25.2 Å². The Labute approximate surface area is 50.0 Å². The fraction of sp³-hybridized carbons (Fsp3) is 1.00. The molecule has 0 fully saturated rings. The molecule has 0 bridgehead atoms. The van der Waals surface area contributed by atoms with E-state index in [0.717, 1.165) is 0 Å². The van der Waals surface area contributed by atoms with Gasteiger partial charge in [-0.1, -0.05) is 6.92 Å². The van der Waals surface area contributed by atoms with Crippen LogP contribution < -0.4 is 0 Å². The molecule has 0 heterocycles. The van der Waals surface area contributed by atoms with Crippen LogP contribution in [0.15, 0.2) is 0 Å². The summed E-state index contributed by atoms with van der Waals surface area (Å²) < 4.78 is 0. The Morgan fingerprint density at radius 3 is 2.29 bits per heavy atom. The van der Waals surface area contributed by atoms with Crippen LogP contribution in [-0.4, -0.2) is 25.2 Å². The van der Waals surface area contributed by atoms with Gasteiger partial charge in [0.05, 0.1) is 0 Å². The van der Waals surface area contributed by atoms with Crippen LogP contribution in [0.2, 0.25) is 0 Å². The summed E-state index contributed by atoms with van der Waals surface area (Å²) in [5.74, 6) is 0. The van der Waals surface area contributed by atoms with E-state index in [1.54, 1.807) is 0 Å². The Hall–Kier alpha value is 0.860. The predicted molar refractivity (Wildman–Crippen MR) is 42.8 cm³/mol. The van der Waals surface area contributed by atoms with E-state index in [4.69, 9.17) is 0 Å². The van der Waals surface area contributed by atoms with Crippen molar-refractivity contribution in [2.45, 2.75) is 6.92 Å². The lowest BCUT2D eigenvalue weighted by Gasteiger charge is -2.03. The third kappa shape index (κ3) is 4.72. The molecule has 44 valence electrons. The summed E-state index contributed by atoms with van der Waals surface area (Å²) in [6.45, 7) is 4.63. The largest absolute Gasteiger partial charge is 0.137 e. The standard InChI is InChI=1S/C5H14P2/c1-3-7(2)5-4-6/h3-6H2,1-2H3. The van der Waals surface area contributed by atoms with Gasteiger partial charge in [-0.05, 0) is 25.2 Å². The molecule has 0 amide bonds. The average molecular weight is 136 g/mol. The summed E-state index contributed by atoms with van der Waals surface area (Å²) in [5.41, 5.74) is 0. The minimum Gasteiger partial charge on any atom is -0.137 e. The average Bonchev–Trinajstić information content (AvgIpc) is 1.68. The zero-order valence-electron chi connectivity index (χ0n) is 5.15. The molecule has 0 N–H and O–H groups in total. The van der Waals surface area contributed by atoms with E-state index >= 15 is 0 Å². The lowest BCUT2D eigenvalue weighted by Crippen LogP contribution is -1.83. The highest BCUT2D eigenvalue weighted by atomic mass is 31.1. The Morgan fingerprint density at radius 1 is 1.57 bits per heavy atom. The predicted octanol–water partition coefficient (Wildman–Crippen LogP) is 1.99. The Bertz CT molecular complexity index is 37.1. The van der Waals surface area contributed by atoms with Crippen LogP contribution >= 0.6 is 17.2 Å². The summed E-state index contributed by atoms with van der Waals surface area (Å²) in [7, 11) is 3.17. The van der Waals surface area contributed by atoms with Crippen LogP contribution in [0.5, 0.6) is 0 Å². The topological polar surface area (TPSA) is 0 Å². The van der Waals surface area contributed by atoms with Gasteiger partial charge in [-0.3, -0.25) is 0 Å². The van der Waals surface area contributed by atoms with Gasteiger partial charge in [-0.2, -0.15) is 0 Å². The minimum absolute atomic E-state index is 0.401. The highest BCUT2D eigenvalue weighted by Gasteiger charge is 1.91. The number of hydrogen-bond donors (Lipinski definition) is 0. The first-order valence-electron chi connectivity index (χ1n) is 2.70. The molecule has 7 heavy (non-hydrogen) atoms. The quantitative estimate of drug-likeness (QED) is 0.520. The molecule has 0 aromatic carbocycles. The van der Waals surface area contributed by atoms with Gasteiger partial charge in [-0.25, -0.2) is 0 Å². The van der Waals surface area contributed by atoms with Crippen LogP contribution in [0.4, 0.5) is 0 Å². The molecule has 0 aromatic heterocycles. The summed E-state index contributed by atoms with van der Waals surface area (Å²) in [5, 5.41) is 0. The van der Waals surface area contributed by atoms with Crippen LogP contribution in [-0.2, 0) is 0 Å². The molecule has 0 aliphatic carbocycles. The van der Waals surface area contributed by atoms with E-state index < -0.39 is 0 Å². The third-order valence-corrected chi connectivity index (χ3v) is 3.93. The van der Waals surface area contributed by atoms with Crippen LogP contribution in [0.25, 0.3) is 0 Å². The van der Waals surface area contributed by atoms with Crippen molar-refractivity contribution in [1.82, 2.24) is 0 Å². The summed E-state index contributed by atoms with van der Waals surface area (Å²) in [4.78, 5) is 0. The first-order valence-corrected chi connectivity index (χ1v) is 5.67. The maximum atomic E-state index is 2.77. The zero-order valence-corrected chi connectivity index (χ0v) is 7.20. The molecule has 0 nitrogen and oxygen atoms in total. The molecule has 2 heteroatoms. The van der Waals surface area contributed by atoms with E-state index in [1.165, 1.54) is 18.5 Å². The SMILES string of the molecule is CCP(C)CCP. The normalized spacial score (nSPS) is 14.1. The Morgan fingerprint density at radius 2 is 2.14 bits per heavy atom. The van der Waals surface area contributed by atoms with Crippen LogP contribution in [0.3, 0.4) is 0 Å².